The van der Waals surface area contributed by atoms with Crippen LogP contribution in [0.2, 0.25) is 0 Å². The largest absolute Gasteiger partial charge is 0.493 e. The number of likely N-dealkylation sites (tertiary alicyclic amines) is 1. The van der Waals surface area contributed by atoms with E-state index in [9.17, 15) is 4.79 Å². The van der Waals surface area contributed by atoms with Crippen molar-refractivity contribution in [1.29, 1.82) is 0 Å². The van der Waals surface area contributed by atoms with Crippen LogP contribution < -0.4 is 9.47 Å². The van der Waals surface area contributed by atoms with Gasteiger partial charge in [0.25, 0.3) is 5.91 Å². The SMILES string of the molecule is COc1ccc(C(=O)N2CCC3(CC2)OCCS3)cc1OC. The predicted octanol–water partition coefficient (Wildman–Crippen LogP) is 2.40. The minimum atomic E-state index is -0.0472. The average molecular weight is 323 g/mol. The molecule has 5 nitrogen and oxygen atoms in total. The van der Waals surface area contributed by atoms with Crippen LogP contribution in [0.5, 0.6) is 11.5 Å². The first-order valence-corrected chi connectivity index (χ1v) is 8.45. The Morgan fingerprint density at radius 1 is 1.23 bits per heavy atom. The van der Waals surface area contributed by atoms with Crippen molar-refractivity contribution in [1.82, 2.24) is 4.90 Å². The van der Waals surface area contributed by atoms with Crippen molar-refractivity contribution in [3.8, 4) is 11.5 Å². The van der Waals surface area contributed by atoms with E-state index in [1.807, 2.05) is 16.7 Å². The molecule has 0 radical (unpaired) electrons. The topological polar surface area (TPSA) is 48.0 Å². The molecule has 2 saturated heterocycles. The molecule has 0 atom stereocenters. The number of hydrogen-bond donors (Lipinski definition) is 0. The number of rotatable bonds is 3. The number of carbonyl (C=O) groups is 1. The summed E-state index contributed by atoms with van der Waals surface area (Å²) in [6.07, 6.45) is 1.80. The van der Waals surface area contributed by atoms with Crippen molar-refractivity contribution < 1.29 is 19.0 Å². The Kier molecular flexibility index (Phi) is 4.49. The lowest BCUT2D eigenvalue weighted by Crippen LogP contribution is -2.45. The van der Waals surface area contributed by atoms with Crippen LogP contribution in [0.3, 0.4) is 0 Å². The van der Waals surface area contributed by atoms with Gasteiger partial charge in [0.1, 0.15) is 4.93 Å². The second-order valence-corrected chi connectivity index (χ2v) is 6.91. The third-order valence-electron chi connectivity index (χ3n) is 4.26. The average Bonchev–Trinajstić information content (AvgIpc) is 3.02. The van der Waals surface area contributed by atoms with E-state index in [0.717, 1.165) is 38.3 Å². The molecule has 0 saturated carbocycles. The van der Waals surface area contributed by atoms with E-state index in [2.05, 4.69) is 0 Å². The van der Waals surface area contributed by atoms with E-state index >= 15 is 0 Å². The lowest BCUT2D eigenvalue weighted by molar-refractivity contribution is 0.00352. The number of ether oxygens (including phenoxy) is 3. The van der Waals surface area contributed by atoms with Crippen molar-refractivity contribution >= 4 is 17.7 Å². The molecule has 1 aromatic rings. The number of piperidine rings is 1. The van der Waals surface area contributed by atoms with Crippen molar-refractivity contribution in [2.75, 3.05) is 39.7 Å². The maximum Gasteiger partial charge on any atom is 0.253 e. The van der Waals surface area contributed by atoms with Gasteiger partial charge in [-0.2, -0.15) is 0 Å². The van der Waals surface area contributed by atoms with E-state index in [-0.39, 0.29) is 10.8 Å². The monoisotopic (exact) mass is 323 g/mol. The third kappa shape index (κ3) is 2.90. The van der Waals surface area contributed by atoms with Crippen molar-refractivity contribution in [2.24, 2.45) is 0 Å². The van der Waals surface area contributed by atoms with Crippen molar-refractivity contribution in [3.05, 3.63) is 23.8 Å². The zero-order valence-corrected chi connectivity index (χ0v) is 13.8. The number of benzene rings is 1. The summed E-state index contributed by atoms with van der Waals surface area (Å²) in [5.74, 6) is 2.31. The lowest BCUT2D eigenvalue weighted by Gasteiger charge is -2.37. The quantitative estimate of drug-likeness (QED) is 0.855. The first-order valence-electron chi connectivity index (χ1n) is 7.47. The molecule has 2 aliphatic rings. The summed E-state index contributed by atoms with van der Waals surface area (Å²) in [5, 5.41) is 0. The van der Waals surface area contributed by atoms with Gasteiger partial charge in [0.05, 0.1) is 20.8 Å². The Bertz CT molecular complexity index is 547. The van der Waals surface area contributed by atoms with Gasteiger partial charge in [-0.3, -0.25) is 4.79 Å². The summed E-state index contributed by atoms with van der Waals surface area (Å²) in [4.78, 5) is 14.5. The Hall–Kier alpha value is -1.40. The highest BCUT2D eigenvalue weighted by atomic mass is 32.2. The van der Waals surface area contributed by atoms with Crippen LogP contribution in [-0.2, 0) is 4.74 Å². The highest BCUT2D eigenvalue weighted by Crippen LogP contribution is 2.41. The Morgan fingerprint density at radius 2 is 1.95 bits per heavy atom. The second-order valence-electron chi connectivity index (χ2n) is 5.47. The molecule has 2 fully saturated rings. The summed E-state index contributed by atoms with van der Waals surface area (Å²) in [6, 6.07) is 5.30. The fourth-order valence-electron chi connectivity index (χ4n) is 2.99. The third-order valence-corrected chi connectivity index (χ3v) is 5.68. The summed E-state index contributed by atoms with van der Waals surface area (Å²) < 4.78 is 16.4. The second kappa shape index (κ2) is 6.38. The Morgan fingerprint density at radius 3 is 2.55 bits per heavy atom. The van der Waals surface area contributed by atoms with Crippen LogP contribution in [0.4, 0.5) is 0 Å². The fraction of sp³-hybridized carbons (Fsp3) is 0.562. The Balaban J connectivity index is 1.69. The molecular weight excluding hydrogens is 302 g/mol. The number of thioether (sulfide) groups is 1. The molecule has 22 heavy (non-hydrogen) atoms. The van der Waals surface area contributed by atoms with Crippen LogP contribution in [0.25, 0.3) is 0 Å². The van der Waals surface area contributed by atoms with Gasteiger partial charge in [-0.15, -0.1) is 11.8 Å². The van der Waals surface area contributed by atoms with E-state index in [4.69, 9.17) is 14.2 Å². The molecule has 1 spiro atoms. The highest BCUT2D eigenvalue weighted by molar-refractivity contribution is 8.00. The van der Waals surface area contributed by atoms with E-state index in [1.54, 1.807) is 32.4 Å². The van der Waals surface area contributed by atoms with Gasteiger partial charge >= 0.3 is 0 Å². The van der Waals surface area contributed by atoms with Gasteiger partial charge in [-0.1, -0.05) is 0 Å². The molecule has 0 aliphatic carbocycles. The van der Waals surface area contributed by atoms with Crippen LogP contribution in [0.15, 0.2) is 18.2 Å². The molecule has 0 bridgehead atoms. The summed E-state index contributed by atoms with van der Waals surface area (Å²) >= 11 is 1.89. The fourth-order valence-corrected chi connectivity index (χ4v) is 4.16. The maximum absolute atomic E-state index is 12.7. The minimum absolute atomic E-state index is 0.0406. The van der Waals surface area contributed by atoms with Crippen LogP contribution in [-0.4, -0.2) is 55.4 Å². The number of amides is 1. The first-order chi connectivity index (χ1) is 10.7. The molecule has 2 aliphatic heterocycles. The lowest BCUT2D eigenvalue weighted by atomic mass is 10.1. The van der Waals surface area contributed by atoms with Crippen molar-refractivity contribution in [3.63, 3.8) is 0 Å². The Labute approximate surface area is 134 Å². The zero-order valence-electron chi connectivity index (χ0n) is 13.0. The van der Waals surface area contributed by atoms with Crippen molar-refractivity contribution in [2.45, 2.75) is 17.8 Å². The molecule has 120 valence electrons. The van der Waals surface area contributed by atoms with Crippen LogP contribution in [0.1, 0.15) is 23.2 Å². The van der Waals surface area contributed by atoms with Crippen LogP contribution >= 0.6 is 11.8 Å². The summed E-state index contributed by atoms with van der Waals surface area (Å²) in [7, 11) is 3.16. The minimum Gasteiger partial charge on any atom is -0.493 e. The predicted molar refractivity (Wildman–Crippen MR) is 85.8 cm³/mol. The van der Waals surface area contributed by atoms with E-state index in [1.165, 1.54) is 0 Å². The van der Waals surface area contributed by atoms with Gasteiger partial charge in [-0.05, 0) is 18.2 Å². The summed E-state index contributed by atoms with van der Waals surface area (Å²) in [6.45, 7) is 2.30. The van der Waals surface area contributed by atoms with Gasteiger partial charge in [0, 0.05) is 37.2 Å². The molecule has 0 aromatic heterocycles. The van der Waals surface area contributed by atoms with Gasteiger partial charge in [0.2, 0.25) is 0 Å². The molecule has 0 N–H and O–H groups in total. The standard InChI is InChI=1S/C16H21NO4S/c1-19-13-4-3-12(11-14(13)20-2)15(18)17-7-5-16(6-8-17)21-9-10-22-16/h3-4,11H,5-10H2,1-2H3. The van der Waals surface area contributed by atoms with Gasteiger partial charge < -0.3 is 19.1 Å². The zero-order chi connectivity index (χ0) is 15.6. The van der Waals surface area contributed by atoms with Gasteiger partial charge in [-0.25, -0.2) is 0 Å². The number of nitrogens with zero attached hydrogens (tertiary/aromatic N) is 1. The van der Waals surface area contributed by atoms with Gasteiger partial charge in [0.15, 0.2) is 11.5 Å². The highest BCUT2D eigenvalue weighted by Gasteiger charge is 2.40. The molecule has 3 rings (SSSR count). The smallest absolute Gasteiger partial charge is 0.253 e. The summed E-state index contributed by atoms with van der Waals surface area (Å²) in [5.41, 5.74) is 0.633. The number of carbonyl (C=O) groups excluding carboxylic acids is 1. The molecule has 2 heterocycles. The van der Waals surface area contributed by atoms with E-state index < -0.39 is 0 Å². The normalized spacial score (nSPS) is 20.2. The molecule has 1 aromatic carbocycles. The van der Waals surface area contributed by atoms with E-state index in [0.29, 0.717) is 17.1 Å². The number of methoxy groups -OCH3 is 2. The number of hydrogen-bond acceptors (Lipinski definition) is 5. The molecule has 1 amide bonds. The van der Waals surface area contributed by atoms with Crippen LogP contribution in [0, 0.1) is 0 Å². The molecule has 6 heteroatoms. The molecular formula is C16H21NO4S. The maximum atomic E-state index is 12.7. The molecule has 0 unspecified atom stereocenters. The first kappa shape index (κ1) is 15.5.